The Morgan fingerprint density at radius 3 is 2.60 bits per heavy atom. The summed E-state index contributed by atoms with van der Waals surface area (Å²) in [5.74, 6) is 0. The lowest BCUT2D eigenvalue weighted by molar-refractivity contribution is -0.110. The molecule has 1 rings (SSSR count). The number of nitrogens with one attached hydrogen (secondary N) is 1. The van der Waals surface area contributed by atoms with Crippen LogP contribution >= 0.6 is 11.8 Å². The van der Waals surface area contributed by atoms with Crippen LogP contribution in [0.25, 0.3) is 4.91 Å². The zero-order valence-electron chi connectivity index (χ0n) is 12.3. The van der Waals surface area contributed by atoms with Crippen molar-refractivity contribution < 1.29 is 4.79 Å². The molecule has 1 aromatic carbocycles. The van der Waals surface area contributed by atoms with Crippen molar-refractivity contribution in [2.75, 3.05) is 0 Å². The monoisotopic (exact) mass is 287 g/mol. The minimum Gasteiger partial charge on any atom is -0.352 e. The lowest BCUT2D eigenvalue weighted by Gasteiger charge is -2.13. The van der Waals surface area contributed by atoms with Gasteiger partial charge in [-0.05, 0) is 31.4 Å². The Morgan fingerprint density at radius 2 is 2.10 bits per heavy atom. The summed E-state index contributed by atoms with van der Waals surface area (Å²) >= 11 is 1.64. The molecular formula is C17H21NOS. The van der Waals surface area contributed by atoms with E-state index in [9.17, 15) is 4.79 Å². The molecule has 1 amide bonds. The number of amides is 1. The van der Waals surface area contributed by atoms with Gasteiger partial charge in [0.15, 0.2) is 0 Å². The predicted molar refractivity (Wildman–Crippen MR) is 88.2 cm³/mol. The zero-order chi connectivity index (χ0) is 15.0. The molecule has 0 aromatic heterocycles. The molecule has 0 radical (unpaired) electrons. The Balaban J connectivity index is 3.05. The van der Waals surface area contributed by atoms with E-state index < -0.39 is 0 Å². The predicted octanol–water partition coefficient (Wildman–Crippen LogP) is 4.67. The van der Waals surface area contributed by atoms with Crippen LogP contribution in [0.3, 0.4) is 0 Å². The van der Waals surface area contributed by atoms with Gasteiger partial charge < -0.3 is 5.32 Å². The fourth-order valence-corrected chi connectivity index (χ4v) is 2.62. The van der Waals surface area contributed by atoms with Gasteiger partial charge >= 0.3 is 0 Å². The van der Waals surface area contributed by atoms with Gasteiger partial charge in [-0.1, -0.05) is 55.1 Å². The van der Waals surface area contributed by atoms with Crippen molar-refractivity contribution in [1.82, 2.24) is 5.32 Å². The van der Waals surface area contributed by atoms with Crippen LogP contribution in [0.15, 0.2) is 47.6 Å². The van der Waals surface area contributed by atoms with E-state index in [0.717, 1.165) is 18.4 Å². The van der Waals surface area contributed by atoms with Gasteiger partial charge in [-0.25, -0.2) is 0 Å². The molecule has 0 aliphatic rings. The number of allylic oxidation sites excluding steroid dienone is 1. The molecule has 0 heterocycles. The molecule has 0 fully saturated rings. The van der Waals surface area contributed by atoms with Gasteiger partial charge in [0.1, 0.15) is 0 Å². The Kier molecular flexibility index (Phi) is 6.92. The lowest BCUT2D eigenvalue weighted by Crippen LogP contribution is -2.15. The number of carbonyl (C=O) groups is 1. The quantitative estimate of drug-likeness (QED) is 0.583. The van der Waals surface area contributed by atoms with Crippen LogP contribution in [-0.4, -0.2) is 6.41 Å². The van der Waals surface area contributed by atoms with Crippen LogP contribution < -0.4 is 5.32 Å². The standard InChI is InChI=1S/C17H21NOS/c1-5-11-20-17(13(3)6-2)16-9-7-15(8-10-16)14(4)18-12-19/h7-12,14H,1,6H2,2-4H3,(H,18,19)/b17-13-/t14-/m0/s1. The highest BCUT2D eigenvalue weighted by atomic mass is 32.2. The summed E-state index contributed by atoms with van der Waals surface area (Å²) in [6, 6.07) is 8.32. The fraction of sp³-hybridized carbons (Fsp3) is 0.294. The van der Waals surface area contributed by atoms with E-state index in [1.165, 1.54) is 16.0 Å². The lowest BCUT2D eigenvalue weighted by atomic mass is 10.0. The van der Waals surface area contributed by atoms with E-state index in [2.05, 4.69) is 55.7 Å². The number of carbonyl (C=O) groups excluding carboxylic acids is 1. The molecule has 1 atom stereocenters. The van der Waals surface area contributed by atoms with Gasteiger partial charge in [-0.2, -0.15) is 0 Å². The van der Waals surface area contributed by atoms with Crippen LogP contribution in [0, 0.1) is 0 Å². The van der Waals surface area contributed by atoms with Crippen LogP contribution in [0.1, 0.15) is 44.4 Å². The first-order chi connectivity index (χ1) is 9.63. The highest BCUT2D eigenvalue weighted by molar-refractivity contribution is 8.10. The van der Waals surface area contributed by atoms with E-state index in [1.54, 1.807) is 11.8 Å². The molecule has 0 spiro atoms. The molecule has 20 heavy (non-hydrogen) atoms. The molecule has 0 aliphatic carbocycles. The largest absolute Gasteiger partial charge is 0.352 e. The second-order valence-corrected chi connectivity index (χ2v) is 5.41. The minimum absolute atomic E-state index is 0.0296. The van der Waals surface area contributed by atoms with Crippen molar-refractivity contribution in [3.05, 3.63) is 58.7 Å². The van der Waals surface area contributed by atoms with Crippen molar-refractivity contribution in [3.63, 3.8) is 0 Å². The highest BCUT2D eigenvalue weighted by Crippen LogP contribution is 2.33. The Hall–Kier alpha value is -1.70. The average Bonchev–Trinajstić information content (AvgIpc) is 2.48. The smallest absolute Gasteiger partial charge is 0.207 e. The first-order valence-electron chi connectivity index (χ1n) is 6.64. The molecule has 3 heteroatoms. The second kappa shape index (κ2) is 8.47. The summed E-state index contributed by atoms with van der Waals surface area (Å²) in [5, 5.41) is 4.63. The summed E-state index contributed by atoms with van der Waals surface area (Å²) in [6.07, 6.45) is 1.74. The van der Waals surface area contributed by atoms with Crippen LogP contribution in [0.5, 0.6) is 0 Å². The Labute approximate surface area is 125 Å². The number of rotatable bonds is 7. The first-order valence-corrected chi connectivity index (χ1v) is 7.52. The average molecular weight is 287 g/mol. The molecule has 0 saturated carbocycles. The van der Waals surface area contributed by atoms with Gasteiger partial charge in [0.05, 0.1) is 6.04 Å². The highest BCUT2D eigenvalue weighted by Gasteiger charge is 2.07. The molecule has 2 nitrogen and oxygen atoms in total. The van der Waals surface area contributed by atoms with Gasteiger partial charge in [0.25, 0.3) is 0 Å². The van der Waals surface area contributed by atoms with E-state index >= 15 is 0 Å². The van der Waals surface area contributed by atoms with E-state index in [-0.39, 0.29) is 6.04 Å². The van der Waals surface area contributed by atoms with Crippen LogP contribution in [0.4, 0.5) is 0 Å². The maximum atomic E-state index is 10.5. The maximum Gasteiger partial charge on any atom is 0.207 e. The van der Waals surface area contributed by atoms with Gasteiger partial charge in [0, 0.05) is 10.3 Å². The SMILES string of the molecule is C=C=CS/C(=C(/C)CC)c1ccc([C@H](C)NC=O)cc1. The molecule has 106 valence electrons. The number of benzene rings is 1. The summed E-state index contributed by atoms with van der Waals surface area (Å²) in [7, 11) is 0. The summed E-state index contributed by atoms with van der Waals surface area (Å²) < 4.78 is 0. The van der Waals surface area contributed by atoms with E-state index in [0.29, 0.717) is 0 Å². The summed E-state index contributed by atoms with van der Waals surface area (Å²) in [4.78, 5) is 11.7. The van der Waals surface area contributed by atoms with Gasteiger partial charge in [0.2, 0.25) is 6.41 Å². The van der Waals surface area contributed by atoms with Crippen LogP contribution in [0.2, 0.25) is 0 Å². The molecular weight excluding hydrogens is 266 g/mol. The normalized spacial score (nSPS) is 12.9. The van der Waals surface area contributed by atoms with Gasteiger partial charge in [-0.3, -0.25) is 4.79 Å². The number of hydrogen-bond acceptors (Lipinski definition) is 2. The zero-order valence-corrected chi connectivity index (χ0v) is 13.1. The van der Waals surface area contributed by atoms with Crippen molar-refractivity contribution >= 4 is 23.1 Å². The van der Waals surface area contributed by atoms with Crippen LogP contribution in [-0.2, 0) is 4.79 Å². The Morgan fingerprint density at radius 1 is 1.45 bits per heavy atom. The topological polar surface area (TPSA) is 29.1 Å². The third kappa shape index (κ3) is 4.44. The molecule has 0 bridgehead atoms. The van der Waals surface area contributed by atoms with Crippen molar-refractivity contribution in [2.45, 2.75) is 33.2 Å². The molecule has 1 N–H and O–H groups in total. The first kappa shape index (κ1) is 16.4. The maximum absolute atomic E-state index is 10.5. The summed E-state index contributed by atoms with van der Waals surface area (Å²) in [6.45, 7) is 9.86. The molecule has 0 unspecified atom stereocenters. The van der Waals surface area contributed by atoms with Gasteiger partial charge in [-0.15, -0.1) is 5.73 Å². The van der Waals surface area contributed by atoms with Crippen molar-refractivity contribution in [3.8, 4) is 0 Å². The molecule has 0 aliphatic heterocycles. The van der Waals surface area contributed by atoms with Crippen molar-refractivity contribution in [2.24, 2.45) is 0 Å². The molecule has 0 saturated heterocycles. The van der Waals surface area contributed by atoms with E-state index in [4.69, 9.17) is 0 Å². The fourth-order valence-electron chi connectivity index (χ4n) is 1.80. The Bertz CT molecular complexity index is 524. The van der Waals surface area contributed by atoms with Crippen molar-refractivity contribution in [1.29, 1.82) is 0 Å². The molecule has 1 aromatic rings. The third-order valence-corrected chi connectivity index (χ3v) is 4.27. The summed E-state index contributed by atoms with van der Waals surface area (Å²) in [5.41, 5.74) is 6.42. The second-order valence-electron chi connectivity index (χ2n) is 4.53. The minimum atomic E-state index is 0.0296. The number of hydrogen-bond donors (Lipinski definition) is 1. The van der Waals surface area contributed by atoms with E-state index in [1.807, 2.05) is 12.3 Å². The number of thioether (sulfide) groups is 1. The third-order valence-electron chi connectivity index (χ3n) is 3.17.